The van der Waals surface area contributed by atoms with Crippen LogP contribution in [0, 0.1) is 0 Å². The van der Waals surface area contributed by atoms with Crippen LogP contribution >= 0.6 is 0 Å². The molecule has 0 aliphatic carbocycles. The molecule has 1 aromatic carbocycles. The van der Waals surface area contributed by atoms with Crippen molar-refractivity contribution >= 4 is 15.5 Å². The molecule has 6 nitrogen and oxygen atoms in total. The number of ether oxygens (including phenoxy) is 3. The van der Waals surface area contributed by atoms with Crippen LogP contribution in [0.1, 0.15) is 53.9 Å². The monoisotopic (exact) mass is 427 g/mol. The zero-order chi connectivity index (χ0) is 21.5. The normalized spacial score (nSPS) is 17.3. The lowest BCUT2D eigenvalue weighted by Crippen LogP contribution is -2.48. The fourth-order valence-electron chi connectivity index (χ4n) is 3.47. The van der Waals surface area contributed by atoms with Gasteiger partial charge in [0, 0.05) is 13.2 Å². The Hall–Kier alpha value is -1.31. The van der Waals surface area contributed by atoms with Gasteiger partial charge in [0.1, 0.15) is 12.4 Å². The third kappa shape index (κ3) is 6.09. The Morgan fingerprint density at radius 3 is 2.45 bits per heavy atom. The van der Waals surface area contributed by atoms with Gasteiger partial charge in [-0.2, -0.15) is 0 Å². The zero-order valence-electron chi connectivity index (χ0n) is 18.5. The highest BCUT2D eigenvalue weighted by atomic mass is 32.2. The number of rotatable bonds is 12. The lowest BCUT2D eigenvalue weighted by Gasteiger charge is -2.40. The molecule has 0 N–H and O–H groups in total. The van der Waals surface area contributed by atoms with Gasteiger partial charge < -0.3 is 19.1 Å². The summed E-state index contributed by atoms with van der Waals surface area (Å²) >= 11 is 0. The van der Waals surface area contributed by atoms with Gasteiger partial charge in [0.05, 0.1) is 28.8 Å². The minimum absolute atomic E-state index is 0.0771. The minimum Gasteiger partial charge on any atom is -0.489 e. The van der Waals surface area contributed by atoms with Crippen LogP contribution in [-0.4, -0.2) is 57.6 Å². The Kier molecular flexibility index (Phi) is 8.79. The fourth-order valence-corrected chi connectivity index (χ4v) is 5.01. The standard InChI is InChI=1S/C22H37NO5S/c1-6-22(4,5)29(24,25)15-11-12-18-17-28-20-14-10-9-13-19(20)23(18)16-21(26-7-2)27-8-3/h9-10,13-14,18,21H,6-8,11-12,15-17H2,1-5H3. The van der Waals surface area contributed by atoms with Crippen molar-refractivity contribution in [1.29, 1.82) is 0 Å². The molecule has 1 aliphatic rings. The van der Waals surface area contributed by atoms with Crippen LogP contribution in [0.2, 0.25) is 0 Å². The van der Waals surface area contributed by atoms with Crippen molar-refractivity contribution in [3.8, 4) is 5.75 Å². The Balaban J connectivity index is 2.12. The van der Waals surface area contributed by atoms with Crippen molar-refractivity contribution in [3.63, 3.8) is 0 Å². The van der Waals surface area contributed by atoms with Gasteiger partial charge in [-0.05, 0) is 59.1 Å². The molecule has 0 fully saturated rings. The van der Waals surface area contributed by atoms with Gasteiger partial charge in [-0.1, -0.05) is 19.1 Å². The molecule has 0 saturated carbocycles. The molecule has 1 atom stereocenters. The maximum atomic E-state index is 12.7. The number of benzene rings is 1. The second-order valence-corrected chi connectivity index (χ2v) is 10.7. The van der Waals surface area contributed by atoms with E-state index in [1.807, 2.05) is 58.9 Å². The largest absolute Gasteiger partial charge is 0.489 e. The smallest absolute Gasteiger partial charge is 0.174 e. The molecule has 7 heteroatoms. The Morgan fingerprint density at radius 1 is 1.17 bits per heavy atom. The summed E-state index contributed by atoms with van der Waals surface area (Å²) in [7, 11) is -3.14. The second kappa shape index (κ2) is 10.6. The van der Waals surface area contributed by atoms with E-state index < -0.39 is 14.6 Å². The zero-order valence-corrected chi connectivity index (χ0v) is 19.3. The van der Waals surface area contributed by atoms with Crippen molar-refractivity contribution in [3.05, 3.63) is 24.3 Å². The molecular formula is C22H37NO5S. The first kappa shape index (κ1) is 24.0. The van der Waals surface area contributed by atoms with E-state index in [0.717, 1.165) is 17.9 Å². The van der Waals surface area contributed by atoms with Crippen molar-refractivity contribution in [2.75, 3.05) is 37.0 Å². The van der Waals surface area contributed by atoms with E-state index in [-0.39, 0.29) is 18.1 Å². The van der Waals surface area contributed by atoms with Crippen molar-refractivity contribution in [2.24, 2.45) is 0 Å². The fraction of sp³-hybridized carbons (Fsp3) is 0.727. The van der Waals surface area contributed by atoms with E-state index in [9.17, 15) is 8.42 Å². The summed E-state index contributed by atoms with van der Waals surface area (Å²) in [5.74, 6) is 1.04. The molecule has 0 saturated heterocycles. The number of sulfone groups is 1. The molecule has 1 aromatic rings. The summed E-state index contributed by atoms with van der Waals surface area (Å²) in [6.07, 6.45) is 1.62. The molecule has 0 bridgehead atoms. The quantitative estimate of drug-likeness (QED) is 0.469. The summed E-state index contributed by atoms with van der Waals surface area (Å²) in [5.41, 5.74) is 1.00. The molecular weight excluding hydrogens is 390 g/mol. The second-order valence-electron chi connectivity index (χ2n) is 8.00. The SMILES string of the molecule is CCOC(CN1c2ccccc2OCC1CCCS(=O)(=O)C(C)(C)CC)OCC. The van der Waals surface area contributed by atoms with E-state index in [1.165, 1.54) is 0 Å². The highest BCUT2D eigenvalue weighted by Crippen LogP contribution is 2.35. The van der Waals surface area contributed by atoms with Crippen LogP contribution in [0.15, 0.2) is 24.3 Å². The molecule has 0 aromatic heterocycles. The Bertz CT molecular complexity index is 728. The first-order valence-electron chi connectivity index (χ1n) is 10.7. The van der Waals surface area contributed by atoms with Crippen molar-refractivity contribution in [1.82, 2.24) is 0 Å². The van der Waals surface area contributed by atoms with Crippen LogP contribution in [-0.2, 0) is 19.3 Å². The van der Waals surface area contributed by atoms with Gasteiger partial charge in [-0.15, -0.1) is 0 Å². The predicted molar refractivity (Wildman–Crippen MR) is 118 cm³/mol. The van der Waals surface area contributed by atoms with Gasteiger partial charge in [0.25, 0.3) is 0 Å². The van der Waals surface area contributed by atoms with Crippen molar-refractivity contribution < 1.29 is 22.6 Å². The number of anilines is 1. The molecule has 1 heterocycles. The van der Waals surface area contributed by atoms with E-state index in [4.69, 9.17) is 14.2 Å². The van der Waals surface area contributed by atoms with E-state index in [2.05, 4.69) is 4.90 Å². The number of fused-ring (bicyclic) bond motifs is 1. The molecule has 2 rings (SSSR count). The summed E-state index contributed by atoms with van der Waals surface area (Å²) in [6, 6.07) is 8.02. The van der Waals surface area contributed by atoms with Gasteiger partial charge >= 0.3 is 0 Å². The molecule has 166 valence electrons. The summed E-state index contributed by atoms with van der Waals surface area (Å²) in [4.78, 5) is 2.26. The summed E-state index contributed by atoms with van der Waals surface area (Å²) in [5, 5.41) is 0. The van der Waals surface area contributed by atoms with Gasteiger partial charge in [-0.3, -0.25) is 0 Å². The molecule has 29 heavy (non-hydrogen) atoms. The first-order chi connectivity index (χ1) is 13.8. The summed E-state index contributed by atoms with van der Waals surface area (Å²) < 4.78 is 42.2. The molecule has 1 unspecified atom stereocenters. The number of nitrogens with zero attached hydrogens (tertiary/aromatic N) is 1. The number of hydrogen-bond donors (Lipinski definition) is 0. The Morgan fingerprint density at radius 2 is 1.83 bits per heavy atom. The molecule has 0 spiro atoms. The summed E-state index contributed by atoms with van der Waals surface area (Å²) in [6.45, 7) is 11.7. The lowest BCUT2D eigenvalue weighted by atomic mass is 10.1. The van der Waals surface area contributed by atoms with E-state index in [1.54, 1.807) is 0 Å². The number of hydrogen-bond acceptors (Lipinski definition) is 6. The van der Waals surface area contributed by atoms with E-state index in [0.29, 0.717) is 39.2 Å². The minimum atomic E-state index is -3.14. The third-order valence-electron chi connectivity index (χ3n) is 5.74. The van der Waals surface area contributed by atoms with Crippen LogP contribution in [0.25, 0.3) is 0 Å². The maximum absolute atomic E-state index is 12.7. The average molecular weight is 428 g/mol. The van der Waals surface area contributed by atoms with Crippen molar-refractivity contribution in [2.45, 2.75) is 71.0 Å². The number of para-hydroxylation sites is 2. The van der Waals surface area contributed by atoms with Crippen LogP contribution in [0.4, 0.5) is 5.69 Å². The first-order valence-corrected chi connectivity index (χ1v) is 12.3. The van der Waals surface area contributed by atoms with Crippen LogP contribution < -0.4 is 9.64 Å². The molecule has 1 aliphatic heterocycles. The lowest BCUT2D eigenvalue weighted by molar-refractivity contribution is -0.130. The molecule has 0 amide bonds. The third-order valence-corrected chi connectivity index (χ3v) is 8.54. The van der Waals surface area contributed by atoms with Crippen LogP contribution in [0.3, 0.4) is 0 Å². The highest BCUT2D eigenvalue weighted by molar-refractivity contribution is 7.92. The van der Waals surface area contributed by atoms with Crippen LogP contribution in [0.5, 0.6) is 5.75 Å². The predicted octanol–water partition coefficient (Wildman–Crippen LogP) is 4.04. The Labute approximate surface area is 176 Å². The van der Waals surface area contributed by atoms with E-state index >= 15 is 0 Å². The molecule has 0 radical (unpaired) electrons. The maximum Gasteiger partial charge on any atom is 0.174 e. The average Bonchev–Trinajstić information content (AvgIpc) is 2.69. The van der Waals surface area contributed by atoms with Gasteiger partial charge in [0.2, 0.25) is 0 Å². The van der Waals surface area contributed by atoms with Gasteiger partial charge in [-0.25, -0.2) is 8.42 Å². The topological polar surface area (TPSA) is 65.1 Å². The van der Waals surface area contributed by atoms with Gasteiger partial charge in [0.15, 0.2) is 16.1 Å². The highest BCUT2D eigenvalue weighted by Gasteiger charge is 2.33.